The quantitative estimate of drug-likeness (QED) is 0.625. The van der Waals surface area contributed by atoms with E-state index in [1.807, 2.05) is 24.7 Å². The normalized spacial score (nSPS) is 10.5. The zero-order chi connectivity index (χ0) is 15.2. The summed E-state index contributed by atoms with van der Waals surface area (Å²) in [7, 11) is 0. The van der Waals surface area contributed by atoms with E-state index in [-0.39, 0.29) is 0 Å². The Balaban J connectivity index is 0.000000177. The Hall–Kier alpha value is -3.15. The van der Waals surface area contributed by atoms with E-state index in [1.54, 1.807) is 0 Å². The molecule has 106 valence electrons. The van der Waals surface area contributed by atoms with Crippen LogP contribution in [0.4, 0.5) is 0 Å². The van der Waals surface area contributed by atoms with Gasteiger partial charge in [0.05, 0.1) is 10.8 Å². The van der Waals surface area contributed by atoms with Gasteiger partial charge in [-0.2, -0.15) is 0 Å². The standard InChI is InChI=1S/C11H8N2.C4H4O4/c1-2-8-4-9-6-12-7-10(9)5-11(8)13-3-1;5-3(6)1-2-4(7)8/h1-7,13H;1-2H,(H,5,6)(H,7,8)/p+1/b;2-1-. The highest BCUT2D eigenvalue weighted by molar-refractivity contribution is 5.95. The van der Waals surface area contributed by atoms with Crippen LogP contribution < -0.4 is 4.98 Å². The monoisotopic (exact) mass is 285 g/mol. The van der Waals surface area contributed by atoms with Crippen molar-refractivity contribution in [1.82, 2.24) is 4.98 Å². The number of aliphatic carboxylic acids is 2. The third kappa shape index (κ3) is 3.90. The molecule has 1 aromatic carbocycles. The first kappa shape index (κ1) is 14.3. The van der Waals surface area contributed by atoms with E-state index in [9.17, 15) is 9.59 Å². The smallest absolute Gasteiger partial charge is 0.328 e. The predicted molar refractivity (Wildman–Crippen MR) is 76.8 cm³/mol. The Morgan fingerprint density at radius 2 is 1.62 bits per heavy atom. The SMILES string of the molecule is O=C(O)/C=C\C(=O)O.c1c[nH]c2cc3c[nH+]cc3cc2c1. The minimum Gasteiger partial charge on any atom is -0.478 e. The molecule has 3 rings (SSSR count). The number of carboxylic acid groups (broad SMARTS) is 2. The van der Waals surface area contributed by atoms with Crippen molar-refractivity contribution in [3.63, 3.8) is 0 Å². The van der Waals surface area contributed by atoms with Crippen LogP contribution in [0.3, 0.4) is 0 Å². The number of nitrogens with one attached hydrogen (secondary N) is 2. The lowest BCUT2D eigenvalue weighted by atomic mass is 10.1. The van der Waals surface area contributed by atoms with Crippen molar-refractivity contribution in [2.75, 3.05) is 0 Å². The summed E-state index contributed by atoms with van der Waals surface area (Å²) in [6.07, 6.45) is 7.09. The van der Waals surface area contributed by atoms with Crippen molar-refractivity contribution in [2.24, 2.45) is 0 Å². The number of hydrogen-bond donors (Lipinski definition) is 3. The molecule has 0 atom stereocenters. The topological polar surface area (TPSA) is 105 Å². The highest BCUT2D eigenvalue weighted by Crippen LogP contribution is 2.19. The maximum atomic E-state index is 9.55. The number of rotatable bonds is 2. The van der Waals surface area contributed by atoms with Crippen LogP contribution in [0, 0.1) is 0 Å². The molecule has 6 nitrogen and oxygen atoms in total. The summed E-state index contributed by atoms with van der Waals surface area (Å²) in [5, 5.41) is 19.4. The van der Waals surface area contributed by atoms with Crippen LogP contribution in [0.1, 0.15) is 0 Å². The lowest BCUT2D eigenvalue weighted by Gasteiger charge is -1.95. The molecule has 3 aromatic rings. The number of carboxylic acids is 2. The second kappa shape index (κ2) is 6.33. The summed E-state index contributed by atoms with van der Waals surface area (Å²) in [4.78, 5) is 25.4. The molecule has 6 heteroatoms. The van der Waals surface area contributed by atoms with Crippen LogP contribution in [-0.4, -0.2) is 27.1 Å². The van der Waals surface area contributed by atoms with Gasteiger partial charge in [0.1, 0.15) is 0 Å². The fraction of sp³-hybridized carbons (Fsp3) is 0. The van der Waals surface area contributed by atoms with E-state index in [2.05, 4.69) is 28.2 Å². The van der Waals surface area contributed by atoms with Crippen LogP contribution in [0.2, 0.25) is 0 Å². The molecule has 0 aliphatic carbocycles. The molecule has 2 aromatic heterocycles. The first-order valence-corrected chi connectivity index (χ1v) is 6.07. The molecule has 0 unspecified atom stereocenters. The molecular formula is C15H13N2O4+. The molecule has 21 heavy (non-hydrogen) atoms. The number of aromatic amines is 2. The average molecular weight is 285 g/mol. The molecule has 0 fully saturated rings. The van der Waals surface area contributed by atoms with Gasteiger partial charge in [-0.3, -0.25) is 0 Å². The minimum absolute atomic E-state index is 0.558. The summed E-state index contributed by atoms with van der Waals surface area (Å²) in [6, 6.07) is 8.46. The fourth-order valence-electron chi connectivity index (χ4n) is 1.82. The van der Waals surface area contributed by atoms with Crippen molar-refractivity contribution in [3.05, 3.63) is 55.0 Å². The van der Waals surface area contributed by atoms with Gasteiger partial charge in [-0.05, 0) is 23.6 Å². The number of benzene rings is 1. The van der Waals surface area contributed by atoms with E-state index in [4.69, 9.17) is 10.2 Å². The van der Waals surface area contributed by atoms with Gasteiger partial charge in [-0.1, -0.05) is 6.07 Å². The van der Waals surface area contributed by atoms with E-state index >= 15 is 0 Å². The van der Waals surface area contributed by atoms with Gasteiger partial charge in [0, 0.05) is 23.9 Å². The maximum absolute atomic E-state index is 9.55. The Labute approximate surface area is 119 Å². The zero-order valence-electron chi connectivity index (χ0n) is 10.9. The Morgan fingerprint density at radius 1 is 1.00 bits per heavy atom. The van der Waals surface area contributed by atoms with Gasteiger partial charge in [0.15, 0.2) is 12.4 Å². The first-order valence-electron chi connectivity index (χ1n) is 6.07. The van der Waals surface area contributed by atoms with Crippen molar-refractivity contribution >= 4 is 33.6 Å². The zero-order valence-corrected chi connectivity index (χ0v) is 10.9. The number of carbonyl (C=O) groups is 2. The van der Waals surface area contributed by atoms with Crippen LogP contribution >= 0.6 is 0 Å². The molecule has 0 spiro atoms. The lowest BCUT2D eigenvalue weighted by molar-refractivity contribution is -0.371. The van der Waals surface area contributed by atoms with Gasteiger partial charge < -0.3 is 15.2 Å². The first-order chi connectivity index (χ1) is 10.1. The van der Waals surface area contributed by atoms with E-state index < -0.39 is 11.9 Å². The summed E-state index contributed by atoms with van der Waals surface area (Å²) >= 11 is 0. The van der Waals surface area contributed by atoms with Crippen molar-refractivity contribution < 1.29 is 24.8 Å². The molecule has 0 amide bonds. The van der Waals surface area contributed by atoms with Gasteiger partial charge in [0.2, 0.25) is 0 Å². The molecule has 0 saturated carbocycles. The molecule has 0 bridgehead atoms. The maximum Gasteiger partial charge on any atom is 0.328 e. The van der Waals surface area contributed by atoms with Gasteiger partial charge in [0.25, 0.3) is 0 Å². The number of hydrogen-bond acceptors (Lipinski definition) is 2. The molecule has 2 heterocycles. The van der Waals surface area contributed by atoms with Crippen LogP contribution in [0.15, 0.2) is 55.0 Å². The summed E-state index contributed by atoms with van der Waals surface area (Å²) in [6.45, 7) is 0. The number of fused-ring (bicyclic) bond motifs is 2. The molecule has 4 N–H and O–H groups in total. The van der Waals surface area contributed by atoms with Crippen molar-refractivity contribution in [3.8, 4) is 0 Å². The molecule has 0 aliphatic heterocycles. The Kier molecular flexibility index (Phi) is 4.30. The molecular weight excluding hydrogens is 272 g/mol. The van der Waals surface area contributed by atoms with Gasteiger partial charge in [-0.15, -0.1) is 0 Å². The summed E-state index contributed by atoms with van der Waals surface area (Å²) in [5.74, 6) is -2.51. The van der Waals surface area contributed by atoms with Crippen molar-refractivity contribution in [2.45, 2.75) is 0 Å². The number of pyridine rings is 1. The average Bonchev–Trinajstić information content (AvgIpc) is 2.90. The summed E-state index contributed by atoms with van der Waals surface area (Å²) in [5.41, 5.74) is 1.18. The highest BCUT2D eigenvalue weighted by atomic mass is 16.4. The fourth-order valence-corrected chi connectivity index (χ4v) is 1.82. The summed E-state index contributed by atoms with van der Waals surface area (Å²) < 4.78 is 0. The van der Waals surface area contributed by atoms with E-state index in [1.165, 1.54) is 21.7 Å². The third-order valence-electron chi connectivity index (χ3n) is 2.71. The van der Waals surface area contributed by atoms with Gasteiger partial charge in [-0.25, -0.2) is 14.6 Å². The third-order valence-corrected chi connectivity index (χ3v) is 2.71. The van der Waals surface area contributed by atoms with Crippen LogP contribution in [0.25, 0.3) is 21.7 Å². The number of aromatic nitrogens is 2. The molecule has 0 saturated heterocycles. The largest absolute Gasteiger partial charge is 0.478 e. The minimum atomic E-state index is -1.26. The van der Waals surface area contributed by atoms with E-state index in [0.29, 0.717) is 12.2 Å². The second-order valence-electron chi connectivity index (χ2n) is 4.20. The predicted octanol–water partition coefficient (Wildman–Crippen LogP) is 1.85. The highest BCUT2D eigenvalue weighted by Gasteiger charge is 2.01. The van der Waals surface area contributed by atoms with Crippen LogP contribution in [0.5, 0.6) is 0 Å². The van der Waals surface area contributed by atoms with Gasteiger partial charge >= 0.3 is 11.9 Å². The second-order valence-corrected chi connectivity index (χ2v) is 4.20. The van der Waals surface area contributed by atoms with Crippen LogP contribution in [-0.2, 0) is 9.59 Å². The number of H-pyrrole nitrogens is 2. The molecule has 0 aliphatic rings. The molecule has 0 radical (unpaired) electrons. The Morgan fingerprint density at radius 3 is 2.24 bits per heavy atom. The van der Waals surface area contributed by atoms with E-state index in [0.717, 1.165) is 0 Å². The lowest BCUT2D eigenvalue weighted by Crippen LogP contribution is -1.91. The van der Waals surface area contributed by atoms with Crippen molar-refractivity contribution in [1.29, 1.82) is 0 Å². The Bertz CT molecular complexity index is 755.